The first-order valence-electron chi connectivity index (χ1n) is 9.49. The molecule has 2 aromatic carbocycles. The van der Waals surface area contributed by atoms with E-state index in [1.54, 1.807) is 31.3 Å². The normalized spacial score (nSPS) is 10.9. The Bertz CT molecular complexity index is 1170. The average Bonchev–Trinajstić information content (AvgIpc) is 3.22. The number of aryl methyl sites for hydroxylation is 1. The number of anilines is 2. The second-order valence-corrected chi connectivity index (χ2v) is 6.74. The van der Waals surface area contributed by atoms with Crippen molar-refractivity contribution in [3.63, 3.8) is 0 Å². The minimum Gasteiger partial charge on any atom is -0.497 e. The highest BCUT2D eigenvalue weighted by molar-refractivity contribution is 5.83. The van der Waals surface area contributed by atoms with Gasteiger partial charge in [0, 0.05) is 37.1 Å². The maximum Gasteiger partial charge on any atom is 0.142 e. The number of fused-ring (bicyclic) bond motifs is 1. The molecule has 4 rings (SSSR count). The van der Waals surface area contributed by atoms with Crippen LogP contribution in [0.25, 0.3) is 22.3 Å². The van der Waals surface area contributed by atoms with E-state index in [0.717, 1.165) is 33.7 Å². The van der Waals surface area contributed by atoms with Crippen LogP contribution < -0.4 is 14.4 Å². The van der Waals surface area contributed by atoms with Gasteiger partial charge in [0.1, 0.15) is 11.5 Å². The van der Waals surface area contributed by atoms with E-state index < -0.39 is 0 Å². The summed E-state index contributed by atoms with van der Waals surface area (Å²) in [7, 11) is 5.10. The third kappa shape index (κ3) is 3.77. The Morgan fingerprint density at radius 2 is 1.90 bits per heavy atom. The van der Waals surface area contributed by atoms with Gasteiger partial charge in [-0.2, -0.15) is 5.10 Å². The fourth-order valence-electron chi connectivity index (χ4n) is 3.36. The highest BCUT2D eigenvalue weighted by Gasteiger charge is 2.16. The number of rotatable bonds is 7. The number of nitrogens with zero attached hydrogens (tertiary/aromatic N) is 5. The van der Waals surface area contributed by atoms with Gasteiger partial charge in [-0.25, -0.2) is 4.98 Å². The number of hydrogen-bond donors (Lipinski definition) is 1. The van der Waals surface area contributed by atoms with Crippen molar-refractivity contribution in [1.82, 2.24) is 19.7 Å². The number of aliphatic hydroxyl groups excluding tert-OH is 1. The molecule has 8 nitrogen and oxygen atoms in total. The Kier molecular flexibility index (Phi) is 5.49. The van der Waals surface area contributed by atoms with Crippen LogP contribution in [-0.2, 0) is 7.05 Å². The van der Waals surface area contributed by atoms with E-state index in [1.807, 2.05) is 54.5 Å². The van der Waals surface area contributed by atoms with E-state index >= 15 is 0 Å². The van der Waals surface area contributed by atoms with Crippen molar-refractivity contribution >= 4 is 22.4 Å². The zero-order valence-electron chi connectivity index (χ0n) is 17.1. The van der Waals surface area contributed by atoms with Gasteiger partial charge in [-0.15, -0.1) is 0 Å². The first-order valence-corrected chi connectivity index (χ1v) is 9.49. The van der Waals surface area contributed by atoms with Crippen LogP contribution in [-0.4, -0.2) is 52.2 Å². The smallest absolute Gasteiger partial charge is 0.142 e. The number of methoxy groups -OCH3 is 2. The third-order valence-corrected chi connectivity index (χ3v) is 4.84. The Morgan fingerprint density at radius 3 is 2.60 bits per heavy atom. The molecule has 0 saturated heterocycles. The average molecular weight is 405 g/mol. The third-order valence-electron chi connectivity index (χ3n) is 4.84. The quantitative estimate of drug-likeness (QED) is 0.505. The fraction of sp³-hybridized carbons (Fsp3) is 0.227. The summed E-state index contributed by atoms with van der Waals surface area (Å²) in [5.74, 6) is 1.38. The van der Waals surface area contributed by atoms with Gasteiger partial charge in [-0.3, -0.25) is 9.67 Å². The Balaban J connectivity index is 1.81. The lowest BCUT2D eigenvalue weighted by Gasteiger charge is -2.26. The molecule has 1 N–H and O–H groups in total. The van der Waals surface area contributed by atoms with Gasteiger partial charge < -0.3 is 19.5 Å². The van der Waals surface area contributed by atoms with Crippen molar-refractivity contribution in [2.24, 2.45) is 7.05 Å². The Morgan fingerprint density at radius 1 is 1.03 bits per heavy atom. The first-order chi connectivity index (χ1) is 14.6. The summed E-state index contributed by atoms with van der Waals surface area (Å²) < 4.78 is 12.7. The van der Waals surface area contributed by atoms with Gasteiger partial charge in [0.05, 0.1) is 55.6 Å². The zero-order chi connectivity index (χ0) is 21.1. The van der Waals surface area contributed by atoms with E-state index in [2.05, 4.69) is 10.1 Å². The lowest BCUT2D eigenvalue weighted by molar-refractivity contribution is 0.305. The van der Waals surface area contributed by atoms with Gasteiger partial charge in [-0.1, -0.05) is 0 Å². The summed E-state index contributed by atoms with van der Waals surface area (Å²) in [6.07, 6.45) is 5.41. The molecule has 0 radical (unpaired) electrons. The largest absolute Gasteiger partial charge is 0.497 e. The Labute approximate surface area is 174 Å². The van der Waals surface area contributed by atoms with Crippen LogP contribution in [0.15, 0.2) is 55.0 Å². The second-order valence-electron chi connectivity index (χ2n) is 6.74. The predicted molar refractivity (Wildman–Crippen MR) is 115 cm³/mol. The topological polar surface area (TPSA) is 85.5 Å². The monoisotopic (exact) mass is 405 g/mol. The first kappa shape index (κ1) is 19.7. The van der Waals surface area contributed by atoms with Crippen LogP contribution in [0.3, 0.4) is 0 Å². The SMILES string of the molecule is COc1ccc(OC)c(N(CCO)c2ccc3ncc(-c4cnn(C)c4)nc3c2)c1. The van der Waals surface area contributed by atoms with Crippen LogP contribution in [0, 0.1) is 0 Å². The zero-order valence-corrected chi connectivity index (χ0v) is 17.1. The van der Waals surface area contributed by atoms with Gasteiger partial charge in [0.15, 0.2) is 0 Å². The molecule has 0 spiro atoms. The van der Waals surface area contributed by atoms with Crippen LogP contribution in [0.5, 0.6) is 11.5 Å². The molecule has 0 aliphatic rings. The minimum atomic E-state index is -0.0280. The van der Waals surface area contributed by atoms with Gasteiger partial charge in [0.25, 0.3) is 0 Å². The molecule has 8 heteroatoms. The maximum absolute atomic E-state index is 9.71. The van der Waals surface area contributed by atoms with Crippen LogP contribution in [0.2, 0.25) is 0 Å². The van der Waals surface area contributed by atoms with Crippen molar-refractivity contribution < 1.29 is 14.6 Å². The summed E-state index contributed by atoms with van der Waals surface area (Å²) in [4.78, 5) is 11.3. The van der Waals surface area contributed by atoms with Crippen LogP contribution >= 0.6 is 0 Å². The Hall–Kier alpha value is -3.65. The highest BCUT2D eigenvalue weighted by Crippen LogP contribution is 2.37. The number of benzene rings is 2. The molecule has 2 heterocycles. The molecular weight excluding hydrogens is 382 g/mol. The van der Waals surface area contributed by atoms with E-state index in [4.69, 9.17) is 14.5 Å². The van der Waals surface area contributed by atoms with E-state index in [0.29, 0.717) is 18.0 Å². The van der Waals surface area contributed by atoms with Crippen molar-refractivity contribution in [3.05, 3.63) is 55.0 Å². The van der Waals surface area contributed by atoms with Gasteiger partial charge in [0.2, 0.25) is 0 Å². The summed E-state index contributed by atoms with van der Waals surface area (Å²) >= 11 is 0. The number of hydrogen-bond acceptors (Lipinski definition) is 7. The van der Waals surface area contributed by atoms with E-state index in [9.17, 15) is 5.11 Å². The molecule has 0 aliphatic heterocycles. The molecule has 0 aliphatic carbocycles. The van der Waals surface area contributed by atoms with Gasteiger partial charge >= 0.3 is 0 Å². The molecule has 4 aromatic rings. The molecular formula is C22H23N5O3. The second kappa shape index (κ2) is 8.38. The predicted octanol–water partition coefficient (Wildman–Crippen LogP) is 3.18. The van der Waals surface area contributed by atoms with Gasteiger partial charge in [-0.05, 0) is 30.3 Å². The number of ether oxygens (including phenoxy) is 2. The van der Waals surface area contributed by atoms with Crippen molar-refractivity contribution in [3.8, 4) is 22.8 Å². The molecule has 0 fully saturated rings. The molecule has 30 heavy (non-hydrogen) atoms. The summed E-state index contributed by atoms with van der Waals surface area (Å²) in [5, 5.41) is 13.9. The summed E-state index contributed by atoms with van der Waals surface area (Å²) in [6, 6.07) is 11.4. The highest BCUT2D eigenvalue weighted by atomic mass is 16.5. The van der Waals surface area contributed by atoms with Crippen LogP contribution in [0.1, 0.15) is 0 Å². The molecule has 0 atom stereocenters. The lowest BCUT2D eigenvalue weighted by atomic mass is 10.2. The standard InChI is InChI=1S/C22H23N5O3/c1-26-14-15(12-24-26)20-13-23-18-6-4-16(10-19(18)25-20)27(8-9-28)21-11-17(29-2)5-7-22(21)30-3/h4-7,10-14,28H,8-9H2,1-3H3. The molecule has 0 amide bonds. The molecule has 0 bridgehead atoms. The lowest BCUT2D eigenvalue weighted by Crippen LogP contribution is -2.21. The molecule has 2 aromatic heterocycles. The van der Waals surface area contributed by atoms with Crippen molar-refractivity contribution in [2.45, 2.75) is 0 Å². The number of aromatic nitrogens is 4. The minimum absolute atomic E-state index is 0.0280. The van der Waals surface area contributed by atoms with E-state index in [1.165, 1.54) is 0 Å². The van der Waals surface area contributed by atoms with Crippen LogP contribution in [0.4, 0.5) is 11.4 Å². The molecule has 0 saturated carbocycles. The van der Waals surface area contributed by atoms with Crippen molar-refractivity contribution in [1.29, 1.82) is 0 Å². The number of aliphatic hydroxyl groups is 1. The van der Waals surface area contributed by atoms with E-state index in [-0.39, 0.29) is 6.61 Å². The summed E-state index contributed by atoms with van der Waals surface area (Å²) in [6.45, 7) is 0.352. The maximum atomic E-state index is 9.71. The van der Waals surface area contributed by atoms with Crippen molar-refractivity contribution in [2.75, 3.05) is 32.3 Å². The molecule has 154 valence electrons. The summed E-state index contributed by atoms with van der Waals surface area (Å²) in [5.41, 5.74) is 4.84. The fourth-order valence-corrected chi connectivity index (χ4v) is 3.36. The molecule has 0 unspecified atom stereocenters.